The highest BCUT2D eigenvalue weighted by molar-refractivity contribution is 5.84. The third-order valence-corrected chi connectivity index (χ3v) is 2.39. The van der Waals surface area contributed by atoms with Crippen LogP contribution in [0.15, 0.2) is 41.3 Å². The van der Waals surface area contributed by atoms with E-state index in [1.807, 2.05) is 12.1 Å². The zero-order valence-corrected chi connectivity index (χ0v) is 9.48. The molecule has 2 aromatic heterocycles. The average Bonchev–Trinajstić information content (AvgIpc) is 2.38. The van der Waals surface area contributed by atoms with Crippen LogP contribution >= 0.6 is 0 Å². The maximum Gasteiger partial charge on any atom is 0.356 e. The summed E-state index contributed by atoms with van der Waals surface area (Å²) >= 11 is 0. The molecule has 0 atom stereocenters. The van der Waals surface area contributed by atoms with Gasteiger partial charge in [-0.25, -0.2) is 9.48 Å². The molecule has 0 aromatic carbocycles. The Morgan fingerprint density at radius 1 is 1.28 bits per heavy atom. The van der Waals surface area contributed by atoms with Crippen LogP contribution in [0.2, 0.25) is 0 Å². The summed E-state index contributed by atoms with van der Waals surface area (Å²) in [7, 11) is 0. The van der Waals surface area contributed by atoms with E-state index >= 15 is 0 Å². The molecule has 0 unspecified atom stereocenters. The van der Waals surface area contributed by atoms with Gasteiger partial charge in [0.15, 0.2) is 5.69 Å². The maximum atomic E-state index is 11.5. The van der Waals surface area contributed by atoms with Crippen LogP contribution in [0.1, 0.15) is 16.2 Å². The van der Waals surface area contributed by atoms with E-state index in [0.29, 0.717) is 13.0 Å². The molecule has 0 amide bonds. The molecule has 6 nitrogen and oxygen atoms in total. The van der Waals surface area contributed by atoms with Gasteiger partial charge in [-0.2, -0.15) is 5.10 Å². The van der Waals surface area contributed by atoms with Gasteiger partial charge in [-0.05, 0) is 18.2 Å². The molecule has 0 radical (unpaired) electrons. The van der Waals surface area contributed by atoms with Crippen LogP contribution in [-0.4, -0.2) is 25.8 Å². The number of pyridine rings is 1. The highest BCUT2D eigenvalue weighted by atomic mass is 16.4. The van der Waals surface area contributed by atoms with Crippen molar-refractivity contribution in [3.8, 4) is 0 Å². The molecule has 2 heterocycles. The SMILES string of the molecule is O=C(O)c1ccc(=O)n(CCc2ccccn2)n1. The summed E-state index contributed by atoms with van der Waals surface area (Å²) in [5, 5.41) is 12.6. The van der Waals surface area contributed by atoms with E-state index in [4.69, 9.17) is 5.11 Å². The molecule has 0 aliphatic rings. The van der Waals surface area contributed by atoms with E-state index < -0.39 is 5.97 Å². The van der Waals surface area contributed by atoms with Crippen molar-refractivity contribution in [2.75, 3.05) is 0 Å². The summed E-state index contributed by atoms with van der Waals surface area (Å²) in [5.74, 6) is -1.15. The molecule has 92 valence electrons. The Morgan fingerprint density at radius 3 is 2.78 bits per heavy atom. The lowest BCUT2D eigenvalue weighted by Crippen LogP contribution is -2.25. The van der Waals surface area contributed by atoms with Crippen LogP contribution in [0.25, 0.3) is 0 Å². The molecule has 2 aromatic rings. The van der Waals surface area contributed by atoms with Gasteiger partial charge < -0.3 is 5.11 Å². The first-order valence-corrected chi connectivity index (χ1v) is 5.38. The van der Waals surface area contributed by atoms with Crippen molar-refractivity contribution in [1.82, 2.24) is 14.8 Å². The first-order valence-electron chi connectivity index (χ1n) is 5.38. The highest BCUT2D eigenvalue weighted by Gasteiger charge is 2.07. The number of carboxylic acid groups (broad SMARTS) is 1. The number of rotatable bonds is 4. The summed E-state index contributed by atoms with van der Waals surface area (Å²) in [4.78, 5) is 26.4. The number of aromatic carboxylic acids is 1. The predicted molar refractivity (Wildman–Crippen MR) is 63.4 cm³/mol. The minimum atomic E-state index is -1.15. The third kappa shape index (κ3) is 2.79. The van der Waals surface area contributed by atoms with E-state index in [2.05, 4.69) is 10.1 Å². The quantitative estimate of drug-likeness (QED) is 0.851. The topological polar surface area (TPSA) is 85.1 Å². The fourth-order valence-corrected chi connectivity index (χ4v) is 1.49. The van der Waals surface area contributed by atoms with Gasteiger partial charge in [0.2, 0.25) is 0 Å². The van der Waals surface area contributed by atoms with Crippen LogP contribution in [-0.2, 0) is 13.0 Å². The average molecular weight is 245 g/mol. The van der Waals surface area contributed by atoms with Gasteiger partial charge in [-0.15, -0.1) is 0 Å². The van der Waals surface area contributed by atoms with Crippen LogP contribution in [0.3, 0.4) is 0 Å². The second-order valence-corrected chi connectivity index (χ2v) is 3.66. The summed E-state index contributed by atoms with van der Waals surface area (Å²) in [6, 6.07) is 7.90. The third-order valence-electron chi connectivity index (χ3n) is 2.39. The van der Waals surface area contributed by atoms with Crippen molar-refractivity contribution >= 4 is 5.97 Å². The maximum absolute atomic E-state index is 11.5. The predicted octanol–water partition coefficient (Wildman–Crippen LogP) is 0.579. The normalized spacial score (nSPS) is 10.2. The van der Waals surface area contributed by atoms with Crippen molar-refractivity contribution in [3.63, 3.8) is 0 Å². The van der Waals surface area contributed by atoms with Crippen molar-refractivity contribution < 1.29 is 9.90 Å². The van der Waals surface area contributed by atoms with Crippen LogP contribution < -0.4 is 5.56 Å². The molecule has 2 rings (SSSR count). The van der Waals surface area contributed by atoms with E-state index in [0.717, 1.165) is 10.4 Å². The van der Waals surface area contributed by atoms with Gasteiger partial charge in [-0.3, -0.25) is 9.78 Å². The Balaban J connectivity index is 2.16. The second-order valence-electron chi connectivity index (χ2n) is 3.66. The lowest BCUT2D eigenvalue weighted by Gasteiger charge is -2.04. The summed E-state index contributed by atoms with van der Waals surface area (Å²) in [5.41, 5.74) is 0.360. The Morgan fingerprint density at radius 2 is 2.11 bits per heavy atom. The lowest BCUT2D eigenvalue weighted by atomic mass is 10.3. The molecule has 0 saturated heterocycles. The molecule has 0 bridgehead atoms. The molecule has 18 heavy (non-hydrogen) atoms. The van der Waals surface area contributed by atoms with Gasteiger partial charge in [0, 0.05) is 24.4 Å². The number of aromatic nitrogens is 3. The molecule has 0 aliphatic carbocycles. The Labute approximate surface area is 103 Å². The van der Waals surface area contributed by atoms with Gasteiger partial charge in [0.1, 0.15) is 0 Å². The van der Waals surface area contributed by atoms with Crippen molar-refractivity contribution in [2.45, 2.75) is 13.0 Å². The monoisotopic (exact) mass is 245 g/mol. The zero-order chi connectivity index (χ0) is 13.0. The second kappa shape index (κ2) is 5.22. The Bertz CT molecular complexity index is 607. The van der Waals surface area contributed by atoms with Crippen molar-refractivity contribution in [1.29, 1.82) is 0 Å². The number of carbonyl (C=O) groups is 1. The minimum absolute atomic E-state index is 0.143. The molecular formula is C12H11N3O3. The Hall–Kier alpha value is -2.50. The van der Waals surface area contributed by atoms with E-state index in [-0.39, 0.29) is 11.3 Å². The fourth-order valence-electron chi connectivity index (χ4n) is 1.49. The molecule has 0 spiro atoms. The molecular weight excluding hydrogens is 234 g/mol. The van der Waals surface area contributed by atoms with E-state index in [1.54, 1.807) is 12.3 Å². The Kier molecular flexibility index (Phi) is 3.47. The number of aryl methyl sites for hydroxylation is 2. The number of hydrogen-bond donors (Lipinski definition) is 1. The number of carboxylic acids is 1. The lowest BCUT2D eigenvalue weighted by molar-refractivity contribution is 0.0687. The standard InChI is InChI=1S/C12H11N3O3/c16-11-5-4-10(12(17)18)14-15(11)8-6-9-3-1-2-7-13-9/h1-5,7H,6,8H2,(H,17,18). The molecule has 0 saturated carbocycles. The number of hydrogen-bond acceptors (Lipinski definition) is 4. The van der Waals surface area contributed by atoms with Crippen LogP contribution in [0, 0.1) is 0 Å². The van der Waals surface area contributed by atoms with Crippen molar-refractivity contribution in [2.24, 2.45) is 0 Å². The highest BCUT2D eigenvalue weighted by Crippen LogP contribution is 1.97. The van der Waals surface area contributed by atoms with E-state index in [1.165, 1.54) is 12.1 Å². The number of nitrogens with zero attached hydrogens (tertiary/aromatic N) is 3. The zero-order valence-electron chi connectivity index (χ0n) is 9.48. The molecule has 6 heteroatoms. The minimum Gasteiger partial charge on any atom is -0.476 e. The molecule has 0 aliphatic heterocycles. The van der Waals surface area contributed by atoms with Crippen LogP contribution in [0.4, 0.5) is 0 Å². The summed E-state index contributed by atoms with van der Waals surface area (Å²) < 4.78 is 1.14. The smallest absolute Gasteiger partial charge is 0.356 e. The van der Waals surface area contributed by atoms with Crippen LogP contribution in [0.5, 0.6) is 0 Å². The van der Waals surface area contributed by atoms with Crippen molar-refractivity contribution in [3.05, 3.63) is 58.3 Å². The van der Waals surface area contributed by atoms with Gasteiger partial charge in [0.05, 0.1) is 6.54 Å². The van der Waals surface area contributed by atoms with E-state index in [9.17, 15) is 9.59 Å². The first kappa shape index (κ1) is 12.0. The van der Waals surface area contributed by atoms with Gasteiger partial charge in [-0.1, -0.05) is 6.07 Å². The van der Waals surface area contributed by atoms with Gasteiger partial charge >= 0.3 is 5.97 Å². The first-order chi connectivity index (χ1) is 8.66. The summed E-state index contributed by atoms with van der Waals surface area (Å²) in [6.45, 7) is 0.303. The largest absolute Gasteiger partial charge is 0.476 e. The fraction of sp³-hybridized carbons (Fsp3) is 0.167. The molecule has 0 fully saturated rings. The molecule has 1 N–H and O–H groups in total. The summed E-state index contributed by atoms with van der Waals surface area (Å²) in [6.07, 6.45) is 2.19. The van der Waals surface area contributed by atoms with Gasteiger partial charge in [0.25, 0.3) is 5.56 Å².